The maximum absolute atomic E-state index is 13.0. The van der Waals surface area contributed by atoms with Crippen LogP contribution in [-0.4, -0.2) is 38.2 Å². The van der Waals surface area contributed by atoms with E-state index in [4.69, 9.17) is 4.74 Å². The first-order chi connectivity index (χ1) is 13.7. The summed E-state index contributed by atoms with van der Waals surface area (Å²) in [6.45, 7) is 0. The summed E-state index contributed by atoms with van der Waals surface area (Å²) in [5.41, 5.74) is 1.74. The van der Waals surface area contributed by atoms with Crippen molar-refractivity contribution in [3.05, 3.63) is 60.4 Å². The van der Waals surface area contributed by atoms with Gasteiger partial charge in [0.05, 0.1) is 11.9 Å². The van der Waals surface area contributed by atoms with E-state index < -0.39 is 0 Å². The largest absolute Gasteiger partial charge is 0.473 e. The van der Waals surface area contributed by atoms with Gasteiger partial charge in [-0.2, -0.15) is 5.10 Å². The van der Waals surface area contributed by atoms with E-state index in [0.717, 1.165) is 31.2 Å². The van der Waals surface area contributed by atoms with Crippen molar-refractivity contribution in [1.82, 2.24) is 25.5 Å². The Hall–Kier alpha value is -3.29. The van der Waals surface area contributed by atoms with Gasteiger partial charge in [0.15, 0.2) is 0 Å². The van der Waals surface area contributed by atoms with Crippen molar-refractivity contribution in [2.24, 2.45) is 0 Å². The zero-order chi connectivity index (χ0) is 19.3. The van der Waals surface area contributed by atoms with Gasteiger partial charge in [0.1, 0.15) is 17.6 Å². The van der Waals surface area contributed by atoms with E-state index >= 15 is 0 Å². The van der Waals surface area contributed by atoms with Gasteiger partial charge in [-0.05, 0) is 56.0 Å². The molecule has 0 atom stereocenters. The SMILES string of the molecule is O=C(NC1CCC(Oc2cnccn2)CC1)c1cc(-c2ccc(F)cc2)n[nH]1. The van der Waals surface area contributed by atoms with Crippen LogP contribution in [0.4, 0.5) is 4.39 Å². The second-order valence-corrected chi connectivity index (χ2v) is 6.78. The first-order valence-electron chi connectivity index (χ1n) is 9.22. The van der Waals surface area contributed by atoms with Crippen LogP contribution >= 0.6 is 0 Å². The Bertz CT molecular complexity index is 921. The number of halogens is 1. The first-order valence-corrected chi connectivity index (χ1v) is 9.22. The molecule has 2 heterocycles. The van der Waals surface area contributed by atoms with Crippen LogP contribution in [0.15, 0.2) is 48.9 Å². The average Bonchev–Trinajstić information content (AvgIpc) is 3.21. The Morgan fingerprint density at radius 2 is 1.93 bits per heavy atom. The maximum Gasteiger partial charge on any atom is 0.269 e. The van der Waals surface area contributed by atoms with Crippen molar-refractivity contribution in [3.8, 4) is 17.1 Å². The third-order valence-electron chi connectivity index (χ3n) is 4.80. The molecule has 7 nitrogen and oxygen atoms in total. The van der Waals surface area contributed by atoms with Crippen molar-refractivity contribution in [2.75, 3.05) is 0 Å². The Morgan fingerprint density at radius 1 is 1.14 bits per heavy atom. The van der Waals surface area contributed by atoms with Crippen molar-refractivity contribution < 1.29 is 13.9 Å². The Balaban J connectivity index is 1.29. The summed E-state index contributed by atoms with van der Waals surface area (Å²) >= 11 is 0. The molecule has 3 aromatic rings. The number of nitrogens with zero attached hydrogens (tertiary/aromatic N) is 3. The second-order valence-electron chi connectivity index (χ2n) is 6.78. The first kappa shape index (κ1) is 18.1. The van der Waals surface area contributed by atoms with Crippen LogP contribution in [0.3, 0.4) is 0 Å². The monoisotopic (exact) mass is 381 g/mol. The molecule has 1 saturated carbocycles. The fraction of sp³-hybridized carbons (Fsp3) is 0.300. The van der Waals surface area contributed by atoms with Gasteiger partial charge in [-0.3, -0.25) is 14.9 Å². The molecular weight excluding hydrogens is 361 g/mol. The molecule has 1 fully saturated rings. The summed E-state index contributed by atoms with van der Waals surface area (Å²) in [6.07, 6.45) is 8.23. The third-order valence-corrected chi connectivity index (χ3v) is 4.80. The van der Waals surface area contributed by atoms with Crippen molar-refractivity contribution >= 4 is 5.91 Å². The number of hydrogen-bond donors (Lipinski definition) is 2. The highest BCUT2D eigenvalue weighted by Gasteiger charge is 2.25. The number of aromatic nitrogens is 4. The Morgan fingerprint density at radius 3 is 2.64 bits per heavy atom. The second kappa shape index (κ2) is 8.16. The number of nitrogens with one attached hydrogen (secondary N) is 2. The number of hydrogen-bond acceptors (Lipinski definition) is 5. The number of ether oxygens (including phenoxy) is 1. The molecule has 4 rings (SSSR count). The van der Waals surface area contributed by atoms with Gasteiger partial charge in [-0.25, -0.2) is 9.37 Å². The molecule has 144 valence electrons. The summed E-state index contributed by atoms with van der Waals surface area (Å²) in [5.74, 6) is 0.0241. The molecule has 8 heteroatoms. The number of benzene rings is 1. The minimum atomic E-state index is -0.309. The van der Waals surface area contributed by atoms with Crippen molar-refractivity contribution in [3.63, 3.8) is 0 Å². The highest BCUT2D eigenvalue weighted by molar-refractivity contribution is 5.93. The van der Waals surface area contributed by atoms with E-state index in [1.165, 1.54) is 12.1 Å². The Kier molecular flexibility index (Phi) is 5.27. The number of amides is 1. The predicted molar refractivity (Wildman–Crippen MR) is 100 cm³/mol. The number of aromatic amines is 1. The van der Waals surface area contributed by atoms with E-state index in [1.54, 1.807) is 36.8 Å². The topological polar surface area (TPSA) is 92.8 Å². The fourth-order valence-corrected chi connectivity index (χ4v) is 3.31. The normalized spacial score (nSPS) is 19.2. The molecule has 0 saturated heterocycles. The summed E-state index contributed by atoms with van der Waals surface area (Å²) in [7, 11) is 0. The molecule has 1 aromatic carbocycles. The van der Waals surface area contributed by atoms with Crippen molar-refractivity contribution in [2.45, 2.75) is 37.8 Å². The lowest BCUT2D eigenvalue weighted by Crippen LogP contribution is -2.39. The van der Waals surface area contributed by atoms with Crippen LogP contribution in [0, 0.1) is 5.82 Å². The predicted octanol–water partition coefficient (Wildman–Crippen LogP) is 3.13. The van der Waals surface area contributed by atoms with E-state index in [-0.39, 0.29) is 23.9 Å². The summed E-state index contributed by atoms with van der Waals surface area (Å²) < 4.78 is 18.9. The molecular formula is C20H20FN5O2. The number of rotatable bonds is 5. The van der Waals surface area contributed by atoms with E-state index in [9.17, 15) is 9.18 Å². The molecule has 0 aliphatic heterocycles. The number of H-pyrrole nitrogens is 1. The van der Waals surface area contributed by atoms with Crippen LogP contribution in [0.25, 0.3) is 11.3 Å². The molecule has 0 spiro atoms. The van der Waals surface area contributed by atoms with Crippen LogP contribution in [0.2, 0.25) is 0 Å². The zero-order valence-corrected chi connectivity index (χ0v) is 15.1. The van der Waals surface area contributed by atoms with Gasteiger partial charge in [0.2, 0.25) is 5.88 Å². The maximum atomic E-state index is 13.0. The smallest absolute Gasteiger partial charge is 0.269 e. The van der Waals surface area contributed by atoms with E-state index in [1.807, 2.05) is 0 Å². The minimum Gasteiger partial charge on any atom is -0.473 e. The molecule has 1 aliphatic rings. The standard InChI is InChI=1S/C20H20FN5O2/c21-14-3-1-13(2-4-14)17-11-18(26-25-17)20(27)24-15-5-7-16(8-6-15)28-19-12-22-9-10-23-19/h1-4,9-12,15-16H,5-8H2,(H,24,27)(H,25,26). The summed E-state index contributed by atoms with van der Waals surface area (Å²) in [5, 5.41) is 9.94. The molecule has 0 radical (unpaired) electrons. The lowest BCUT2D eigenvalue weighted by molar-refractivity contribution is 0.0885. The Labute approximate surface area is 161 Å². The van der Waals surface area contributed by atoms with Crippen LogP contribution in [0.5, 0.6) is 5.88 Å². The van der Waals surface area contributed by atoms with Crippen LogP contribution in [-0.2, 0) is 0 Å². The lowest BCUT2D eigenvalue weighted by Gasteiger charge is -2.28. The number of carbonyl (C=O) groups excluding carboxylic acids is 1. The van der Waals surface area contributed by atoms with E-state index in [0.29, 0.717) is 17.3 Å². The van der Waals surface area contributed by atoms with Gasteiger partial charge in [-0.1, -0.05) is 0 Å². The average molecular weight is 381 g/mol. The van der Waals surface area contributed by atoms with Gasteiger partial charge in [0.25, 0.3) is 5.91 Å². The van der Waals surface area contributed by atoms with Crippen LogP contribution < -0.4 is 10.1 Å². The zero-order valence-electron chi connectivity index (χ0n) is 15.1. The van der Waals surface area contributed by atoms with Crippen molar-refractivity contribution in [1.29, 1.82) is 0 Å². The fourth-order valence-electron chi connectivity index (χ4n) is 3.31. The summed E-state index contributed by atoms with van der Waals surface area (Å²) in [6, 6.07) is 7.76. The van der Waals surface area contributed by atoms with Gasteiger partial charge >= 0.3 is 0 Å². The van der Waals surface area contributed by atoms with Gasteiger partial charge in [0, 0.05) is 24.0 Å². The summed E-state index contributed by atoms with van der Waals surface area (Å²) in [4.78, 5) is 20.6. The highest BCUT2D eigenvalue weighted by atomic mass is 19.1. The highest BCUT2D eigenvalue weighted by Crippen LogP contribution is 2.23. The molecule has 0 bridgehead atoms. The molecule has 0 unspecified atom stereocenters. The molecule has 28 heavy (non-hydrogen) atoms. The van der Waals surface area contributed by atoms with Crippen LogP contribution in [0.1, 0.15) is 36.2 Å². The minimum absolute atomic E-state index is 0.0853. The quantitative estimate of drug-likeness (QED) is 0.708. The molecule has 2 aromatic heterocycles. The number of carbonyl (C=O) groups is 1. The molecule has 2 N–H and O–H groups in total. The molecule has 1 amide bonds. The van der Waals surface area contributed by atoms with Gasteiger partial charge in [-0.15, -0.1) is 0 Å². The molecule has 1 aliphatic carbocycles. The van der Waals surface area contributed by atoms with Gasteiger partial charge < -0.3 is 10.1 Å². The third kappa shape index (κ3) is 4.33. The lowest BCUT2D eigenvalue weighted by atomic mass is 9.93. The van der Waals surface area contributed by atoms with E-state index in [2.05, 4.69) is 25.5 Å².